The van der Waals surface area contributed by atoms with Crippen LogP contribution >= 0.6 is 0 Å². The van der Waals surface area contributed by atoms with Crippen molar-refractivity contribution in [1.82, 2.24) is 5.32 Å². The van der Waals surface area contributed by atoms with E-state index in [1.807, 2.05) is 0 Å². The van der Waals surface area contributed by atoms with Gasteiger partial charge in [0.25, 0.3) is 0 Å². The molecule has 122 valence electrons. The summed E-state index contributed by atoms with van der Waals surface area (Å²) in [5.41, 5.74) is 0. The number of ketones is 1. The maximum atomic E-state index is 11.3. The van der Waals surface area contributed by atoms with Crippen molar-refractivity contribution in [2.45, 2.75) is 43.7 Å². The molecular formula is C11H19NO9. The quantitative estimate of drug-likeness (QED) is 0.208. The highest BCUT2D eigenvalue weighted by molar-refractivity contribution is 6.32. The van der Waals surface area contributed by atoms with Crippen LogP contribution < -0.4 is 5.32 Å². The number of carboxylic acids is 1. The minimum absolute atomic E-state index is 0.694. The van der Waals surface area contributed by atoms with Gasteiger partial charge in [-0.3, -0.25) is 9.59 Å². The van der Waals surface area contributed by atoms with Crippen LogP contribution in [-0.2, 0) is 14.4 Å². The summed E-state index contributed by atoms with van der Waals surface area (Å²) < 4.78 is 43.6. The van der Waals surface area contributed by atoms with Crippen LogP contribution in [0, 0.1) is 0 Å². The topological polar surface area (TPSA) is 185 Å². The fraction of sp³-hybridized carbons (Fsp3) is 0.727. The van der Waals surface area contributed by atoms with Gasteiger partial charge in [-0.1, -0.05) is 0 Å². The lowest BCUT2D eigenvalue weighted by molar-refractivity contribution is -0.151. The maximum absolute atomic E-state index is 11.3. The van der Waals surface area contributed by atoms with Crippen LogP contribution in [0.25, 0.3) is 0 Å². The Morgan fingerprint density at radius 2 is 1.67 bits per heavy atom. The van der Waals surface area contributed by atoms with E-state index in [1.54, 1.807) is 0 Å². The molecule has 10 heteroatoms. The van der Waals surface area contributed by atoms with Crippen molar-refractivity contribution in [3.63, 3.8) is 0 Å². The number of hydrogen-bond acceptors (Lipinski definition) is 8. The van der Waals surface area contributed by atoms with Crippen LogP contribution in [0.3, 0.4) is 0 Å². The van der Waals surface area contributed by atoms with Gasteiger partial charge >= 0.3 is 5.97 Å². The van der Waals surface area contributed by atoms with Gasteiger partial charge in [0.2, 0.25) is 11.7 Å². The summed E-state index contributed by atoms with van der Waals surface area (Å²) in [5.74, 6) is -5.23. The maximum Gasteiger partial charge on any atom is 0.372 e. The van der Waals surface area contributed by atoms with Crippen LogP contribution in [0.15, 0.2) is 0 Å². The number of Topliss-reactive ketones (excluding diaryl/α,β-unsaturated/α-hetero) is 1. The van der Waals surface area contributed by atoms with Crippen LogP contribution in [0.1, 0.15) is 21.6 Å². The summed E-state index contributed by atoms with van der Waals surface area (Å²) in [5, 5.41) is 58.9. The van der Waals surface area contributed by atoms with Gasteiger partial charge in [0.05, 0.1) is 26.9 Å². The molecule has 10 nitrogen and oxygen atoms in total. The summed E-state index contributed by atoms with van der Waals surface area (Å²) in [6.07, 6.45) is -18.4. The molecule has 0 radical (unpaired) electrons. The number of amides is 1. The largest absolute Gasteiger partial charge is 0.475 e. The monoisotopic (exact) mass is 315 g/mol. The lowest BCUT2D eigenvalue weighted by atomic mass is 9.94. The molecule has 0 aliphatic carbocycles. The van der Waals surface area contributed by atoms with Crippen LogP contribution in [0.5, 0.6) is 0 Å². The number of hydrogen-bond donors (Lipinski definition) is 7. The average molecular weight is 315 g/mol. The van der Waals surface area contributed by atoms with E-state index in [4.69, 9.17) is 18.4 Å². The van der Waals surface area contributed by atoms with E-state index >= 15 is 0 Å². The van der Waals surface area contributed by atoms with Gasteiger partial charge < -0.3 is 36.0 Å². The van der Waals surface area contributed by atoms with Gasteiger partial charge in [0.15, 0.2) is 0 Å². The first-order valence-corrected chi connectivity index (χ1v) is 5.28. The third-order valence-electron chi connectivity index (χ3n) is 2.11. The number of aliphatic hydroxyl groups is 5. The molecule has 0 aliphatic heterocycles. The van der Waals surface area contributed by atoms with Gasteiger partial charge in [0, 0.05) is 13.3 Å². The predicted octanol–water partition coefficient (Wildman–Crippen LogP) is -4.03. The molecule has 0 aromatic rings. The molecule has 0 bridgehead atoms. The summed E-state index contributed by atoms with van der Waals surface area (Å²) >= 11 is 0. The number of nitrogens with one attached hydrogen (secondary N) is 1. The average Bonchev–Trinajstić information content (AvgIpc) is 2.41. The number of carboxylic acid groups (broad SMARTS) is 1. The van der Waals surface area contributed by atoms with E-state index in [1.165, 1.54) is 5.32 Å². The fourth-order valence-electron chi connectivity index (χ4n) is 1.17. The Balaban J connectivity index is 6.38. The Hall–Kier alpha value is -1.59. The van der Waals surface area contributed by atoms with Crippen molar-refractivity contribution >= 4 is 17.7 Å². The summed E-state index contributed by atoms with van der Waals surface area (Å²) in [7, 11) is 0. The molecule has 0 aromatic carbocycles. The second kappa shape index (κ2) is 8.64. The molecule has 0 fully saturated rings. The second-order valence-corrected chi connectivity index (χ2v) is 3.72. The highest BCUT2D eigenvalue weighted by atomic mass is 16.4. The van der Waals surface area contributed by atoms with Crippen LogP contribution in [0.4, 0.5) is 0 Å². The SMILES string of the molecule is [2H]C(O)(CC(=O)C(=O)O)C(NC(C)=O)C([2H])(O)C([2H])(O)C([2H])(O)C([2H])([2H])O. The van der Waals surface area contributed by atoms with Crippen molar-refractivity contribution in [3.05, 3.63) is 0 Å². The summed E-state index contributed by atoms with van der Waals surface area (Å²) in [4.78, 5) is 33.1. The molecule has 0 spiro atoms. The predicted molar refractivity (Wildman–Crippen MR) is 66.0 cm³/mol. The van der Waals surface area contributed by atoms with Crippen molar-refractivity contribution in [3.8, 4) is 0 Å². The first kappa shape index (κ1) is 11.0. The smallest absolute Gasteiger partial charge is 0.372 e. The van der Waals surface area contributed by atoms with E-state index in [9.17, 15) is 34.8 Å². The van der Waals surface area contributed by atoms with Gasteiger partial charge in [-0.25, -0.2) is 4.79 Å². The molecule has 0 saturated heterocycles. The highest BCUT2D eigenvalue weighted by Gasteiger charge is 2.37. The zero-order valence-corrected chi connectivity index (χ0v) is 10.7. The van der Waals surface area contributed by atoms with Crippen LogP contribution in [0.2, 0.25) is 0 Å². The lowest BCUT2D eigenvalue weighted by Crippen LogP contribution is -2.57. The minimum Gasteiger partial charge on any atom is -0.475 e. The second-order valence-electron chi connectivity index (χ2n) is 3.72. The Bertz CT molecular complexity index is 616. The van der Waals surface area contributed by atoms with Crippen molar-refractivity contribution in [1.29, 1.82) is 0 Å². The molecule has 0 saturated carbocycles. The standard InChI is InChI=1S/C11H19NO9/c1-4(14)12-8(5(15)2-6(16)11(20)21)10(19)9(18)7(17)3-13/h5,7-10,13,15,17-19H,2-3H2,1H3,(H,12,14)(H,20,21)/i3D2,5D,7D,9D,10D. The first-order valence-electron chi connectivity index (χ1n) is 8.28. The van der Waals surface area contributed by atoms with Gasteiger partial charge in [0.1, 0.15) is 18.2 Å². The van der Waals surface area contributed by atoms with E-state index in [0.717, 1.165) is 0 Å². The number of aliphatic carboxylic acids is 1. The van der Waals surface area contributed by atoms with Gasteiger partial charge in [-0.15, -0.1) is 0 Å². The molecule has 5 unspecified atom stereocenters. The molecule has 0 rings (SSSR count). The normalized spacial score (nSPS) is 29.0. The fourth-order valence-corrected chi connectivity index (χ4v) is 1.17. The van der Waals surface area contributed by atoms with Crippen LogP contribution in [-0.4, -0.2) is 85.2 Å². The third-order valence-corrected chi connectivity index (χ3v) is 2.11. The molecule has 5 atom stereocenters. The zero-order chi connectivity index (χ0) is 22.2. The molecule has 0 heterocycles. The van der Waals surface area contributed by atoms with E-state index in [0.29, 0.717) is 6.92 Å². The zero-order valence-electron chi connectivity index (χ0n) is 16.7. The number of rotatable bonds is 9. The van der Waals surface area contributed by atoms with Crippen molar-refractivity contribution in [2.75, 3.05) is 6.56 Å². The molecule has 7 N–H and O–H groups in total. The molecule has 1 amide bonds. The Labute approximate surface area is 128 Å². The third kappa shape index (κ3) is 6.14. The van der Waals surface area contributed by atoms with Gasteiger partial charge in [-0.05, 0) is 0 Å². The molecular weight excluding hydrogens is 290 g/mol. The lowest BCUT2D eigenvalue weighted by Gasteiger charge is -2.32. The van der Waals surface area contributed by atoms with E-state index in [2.05, 4.69) is 0 Å². The minimum atomic E-state index is -4.47. The summed E-state index contributed by atoms with van der Waals surface area (Å²) in [6.45, 7) is -3.45. The number of carbonyl (C=O) groups excluding carboxylic acids is 2. The van der Waals surface area contributed by atoms with E-state index in [-0.39, 0.29) is 0 Å². The molecule has 0 aromatic heterocycles. The van der Waals surface area contributed by atoms with Crippen molar-refractivity contribution in [2.24, 2.45) is 0 Å². The molecule has 0 aliphatic rings. The molecule has 21 heavy (non-hydrogen) atoms. The first-order chi connectivity index (χ1) is 11.6. The Morgan fingerprint density at radius 1 is 1.14 bits per heavy atom. The van der Waals surface area contributed by atoms with E-state index < -0.39 is 61.0 Å². The Morgan fingerprint density at radius 3 is 2.05 bits per heavy atom. The summed E-state index contributed by atoms with van der Waals surface area (Å²) in [6, 6.07) is -2.94. The number of carbonyl (C=O) groups is 3. The van der Waals surface area contributed by atoms with Crippen molar-refractivity contribution < 1.29 is 53.2 Å². The highest BCUT2D eigenvalue weighted by Crippen LogP contribution is 2.11. The van der Waals surface area contributed by atoms with Gasteiger partial charge in [-0.2, -0.15) is 0 Å². The Kier molecular flexibility index (Phi) is 4.54.